The van der Waals surface area contributed by atoms with Crippen LogP contribution < -0.4 is 5.32 Å². The van der Waals surface area contributed by atoms with E-state index >= 15 is 0 Å². The van der Waals surface area contributed by atoms with Crippen LogP contribution in [0.15, 0.2) is 60.9 Å². The Hall–Kier alpha value is -2.92. The second-order valence-electron chi connectivity index (χ2n) is 8.68. The van der Waals surface area contributed by atoms with Crippen molar-refractivity contribution in [3.8, 4) is 0 Å². The van der Waals surface area contributed by atoms with Crippen LogP contribution in [0.5, 0.6) is 0 Å². The molecule has 1 aromatic heterocycles. The summed E-state index contributed by atoms with van der Waals surface area (Å²) >= 11 is 0. The molecule has 0 unspecified atom stereocenters. The Morgan fingerprint density at radius 3 is 2.45 bits per heavy atom. The standard InChI is InChI=1S/C26H32N4O/c1-20-6-8-22(9-7-20)18-29-13-10-25(11-14-29)26(31)28-17-23-4-3-5-24(16-23)19-30-15-12-27-21(30)2/h3-9,12,15-16,25H,10-11,13-14,17-19H2,1-2H3,(H,28,31). The highest BCUT2D eigenvalue weighted by atomic mass is 16.1. The topological polar surface area (TPSA) is 50.2 Å². The quantitative estimate of drug-likeness (QED) is 0.631. The molecule has 3 aromatic rings. The average Bonchev–Trinajstić information content (AvgIpc) is 3.19. The Morgan fingerprint density at radius 2 is 1.74 bits per heavy atom. The molecule has 1 fully saturated rings. The van der Waals surface area contributed by atoms with Gasteiger partial charge in [-0.05, 0) is 56.5 Å². The Kier molecular flexibility index (Phi) is 6.82. The second-order valence-corrected chi connectivity index (χ2v) is 8.68. The van der Waals surface area contributed by atoms with Gasteiger partial charge < -0.3 is 9.88 Å². The molecule has 162 valence electrons. The normalized spacial score (nSPS) is 15.2. The number of piperidine rings is 1. The second kappa shape index (κ2) is 9.92. The van der Waals surface area contributed by atoms with Crippen molar-refractivity contribution < 1.29 is 4.79 Å². The van der Waals surface area contributed by atoms with Gasteiger partial charge in [0.05, 0.1) is 0 Å². The van der Waals surface area contributed by atoms with Crippen molar-refractivity contribution in [3.05, 3.63) is 89.0 Å². The summed E-state index contributed by atoms with van der Waals surface area (Å²) in [5.41, 5.74) is 5.00. The molecule has 31 heavy (non-hydrogen) atoms. The number of carbonyl (C=O) groups is 1. The molecular formula is C26H32N4O. The van der Waals surface area contributed by atoms with Gasteiger partial charge in [0.2, 0.25) is 5.91 Å². The van der Waals surface area contributed by atoms with Gasteiger partial charge >= 0.3 is 0 Å². The SMILES string of the molecule is Cc1ccc(CN2CCC(C(=O)NCc3cccc(Cn4ccnc4C)c3)CC2)cc1. The van der Waals surface area contributed by atoms with E-state index in [1.54, 1.807) is 0 Å². The number of likely N-dealkylation sites (tertiary alicyclic amines) is 1. The van der Waals surface area contributed by atoms with E-state index in [-0.39, 0.29) is 11.8 Å². The molecule has 0 aliphatic carbocycles. The minimum atomic E-state index is 0.117. The maximum atomic E-state index is 12.7. The zero-order chi connectivity index (χ0) is 21.6. The molecule has 0 radical (unpaired) electrons. The third-order valence-electron chi connectivity index (χ3n) is 6.22. The summed E-state index contributed by atoms with van der Waals surface area (Å²) in [6, 6.07) is 17.2. The zero-order valence-electron chi connectivity index (χ0n) is 18.6. The summed E-state index contributed by atoms with van der Waals surface area (Å²) in [6.07, 6.45) is 5.68. The van der Waals surface area contributed by atoms with Crippen LogP contribution in [0.2, 0.25) is 0 Å². The van der Waals surface area contributed by atoms with Gasteiger partial charge in [-0.25, -0.2) is 4.98 Å². The largest absolute Gasteiger partial charge is 0.352 e. The first-order valence-corrected chi connectivity index (χ1v) is 11.2. The van der Waals surface area contributed by atoms with E-state index in [4.69, 9.17) is 0 Å². The van der Waals surface area contributed by atoms with Gasteiger partial charge in [0, 0.05) is 37.9 Å². The zero-order valence-corrected chi connectivity index (χ0v) is 18.6. The Morgan fingerprint density at radius 1 is 1.00 bits per heavy atom. The molecule has 2 heterocycles. The monoisotopic (exact) mass is 416 g/mol. The lowest BCUT2D eigenvalue weighted by Gasteiger charge is -2.31. The molecule has 0 atom stereocenters. The maximum Gasteiger partial charge on any atom is 0.223 e. The Balaban J connectivity index is 1.24. The molecule has 4 rings (SSSR count). The summed E-state index contributed by atoms with van der Waals surface area (Å²) < 4.78 is 2.13. The van der Waals surface area contributed by atoms with Crippen LogP contribution in [-0.2, 0) is 24.4 Å². The van der Waals surface area contributed by atoms with Crippen molar-refractivity contribution >= 4 is 5.91 Å². The first-order valence-electron chi connectivity index (χ1n) is 11.2. The summed E-state index contributed by atoms with van der Waals surface area (Å²) in [5, 5.41) is 3.16. The fourth-order valence-corrected chi connectivity index (χ4v) is 4.24. The summed E-state index contributed by atoms with van der Waals surface area (Å²) in [4.78, 5) is 19.5. The third-order valence-corrected chi connectivity index (χ3v) is 6.22. The van der Waals surface area contributed by atoms with E-state index in [1.807, 2.05) is 19.3 Å². The summed E-state index contributed by atoms with van der Waals surface area (Å²) in [5.74, 6) is 1.31. The Bertz CT molecular complexity index is 1000. The molecule has 1 aliphatic rings. The lowest BCUT2D eigenvalue weighted by atomic mass is 9.95. The smallest absolute Gasteiger partial charge is 0.223 e. The number of benzene rings is 2. The highest BCUT2D eigenvalue weighted by Gasteiger charge is 2.24. The number of nitrogens with zero attached hydrogens (tertiary/aromatic N) is 3. The molecule has 5 heteroatoms. The number of aryl methyl sites for hydroxylation is 2. The van der Waals surface area contributed by atoms with Crippen LogP contribution in [0.1, 0.15) is 40.9 Å². The van der Waals surface area contributed by atoms with Gasteiger partial charge in [-0.3, -0.25) is 9.69 Å². The van der Waals surface area contributed by atoms with Gasteiger partial charge in [-0.2, -0.15) is 0 Å². The van der Waals surface area contributed by atoms with E-state index < -0.39 is 0 Å². The van der Waals surface area contributed by atoms with Gasteiger partial charge in [0.25, 0.3) is 0 Å². The first kappa shape index (κ1) is 21.3. The van der Waals surface area contributed by atoms with Crippen molar-refractivity contribution in [1.29, 1.82) is 0 Å². The molecule has 1 saturated heterocycles. The summed E-state index contributed by atoms with van der Waals surface area (Å²) in [7, 11) is 0. The maximum absolute atomic E-state index is 12.7. The molecule has 1 aliphatic heterocycles. The molecular weight excluding hydrogens is 384 g/mol. The van der Waals surface area contributed by atoms with Crippen LogP contribution in [0.25, 0.3) is 0 Å². The Labute approximate surface area is 185 Å². The number of rotatable bonds is 7. The van der Waals surface area contributed by atoms with Crippen molar-refractivity contribution in [2.24, 2.45) is 5.92 Å². The number of amides is 1. The number of carbonyl (C=O) groups excluding carboxylic acids is 1. The highest BCUT2D eigenvalue weighted by molar-refractivity contribution is 5.78. The van der Waals surface area contributed by atoms with E-state index in [2.05, 4.69) is 75.2 Å². The lowest BCUT2D eigenvalue weighted by Crippen LogP contribution is -2.40. The minimum absolute atomic E-state index is 0.117. The number of hydrogen-bond acceptors (Lipinski definition) is 3. The van der Waals surface area contributed by atoms with Crippen LogP contribution in [-0.4, -0.2) is 33.4 Å². The van der Waals surface area contributed by atoms with Crippen molar-refractivity contribution in [1.82, 2.24) is 19.8 Å². The van der Waals surface area contributed by atoms with Gasteiger partial charge in [-0.15, -0.1) is 0 Å². The predicted molar refractivity (Wildman–Crippen MR) is 124 cm³/mol. The van der Waals surface area contributed by atoms with E-state index in [0.29, 0.717) is 6.54 Å². The number of aromatic nitrogens is 2. The van der Waals surface area contributed by atoms with Crippen LogP contribution in [0.3, 0.4) is 0 Å². The molecule has 5 nitrogen and oxygen atoms in total. The fraction of sp³-hybridized carbons (Fsp3) is 0.385. The van der Waals surface area contributed by atoms with Crippen molar-refractivity contribution in [3.63, 3.8) is 0 Å². The van der Waals surface area contributed by atoms with Crippen LogP contribution in [0.4, 0.5) is 0 Å². The average molecular weight is 417 g/mol. The highest BCUT2D eigenvalue weighted by Crippen LogP contribution is 2.20. The van der Waals surface area contributed by atoms with E-state index in [9.17, 15) is 4.79 Å². The van der Waals surface area contributed by atoms with Gasteiger partial charge in [-0.1, -0.05) is 54.1 Å². The minimum Gasteiger partial charge on any atom is -0.352 e. The van der Waals surface area contributed by atoms with E-state index in [0.717, 1.165) is 50.4 Å². The fourth-order valence-electron chi connectivity index (χ4n) is 4.24. The molecule has 0 saturated carbocycles. The van der Waals surface area contributed by atoms with Crippen LogP contribution >= 0.6 is 0 Å². The van der Waals surface area contributed by atoms with Gasteiger partial charge in [0.1, 0.15) is 5.82 Å². The van der Waals surface area contributed by atoms with E-state index in [1.165, 1.54) is 16.7 Å². The van der Waals surface area contributed by atoms with Crippen LogP contribution in [0, 0.1) is 19.8 Å². The number of nitrogens with one attached hydrogen (secondary N) is 1. The van der Waals surface area contributed by atoms with Crippen molar-refractivity contribution in [2.45, 2.75) is 46.3 Å². The molecule has 0 bridgehead atoms. The number of hydrogen-bond donors (Lipinski definition) is 1. The molecule has 1 N–H and O–H groups in total. The molecule has 0 spiro atoms. The number of imidazole rings is 1. The predicted octanol–water partition coefficient (Wildman–Crippen LogP) is 4.08. The third kappa shape index (κ3) is 5.82. The lowest BCUT2D eigenvalue weighted by molar-refractivity contribution is -0.126. The molecule has 2 aromatic carbocycles. The van der Waals surface area contributed by atoms with Crippen molar-refractivity contribution in [2.75, 3.05) is 13.1 Å². The summed E-state index contributed by atoms with van der Waals surface area (Å²) in [6.45, 7) is 8.43. The van der Waals surface area contributed by atoms with Gasteiger partial charge in [0.15, 0.2) is 0 Å². The molecule has 1 amide bonds. The first-order chi connectivity index (χ1) is 15.1.